The van der Waals surface area contributed by atoms with Gasteiger partial charge in [0.1, 0.15) is 5.60 Å². The highest BCUT2D eigenvalue weighted by Gasteiger charge is 2.52. The van der Waals surface area contributed by atoms with E-state index in [1.54, 1.807) is 11.0 Å². The van der Waals surface area contributed by atoms with E-state index >= 15 is 0 Å². The molecule has 0 bridgehead atoms. The lowest BCUT2D eigenvalue weighted by Crippen LogP contribution is -2.51. The van der Waals surface area contributed by atoms with E-state index < -0.39 is 22.9 Å². The number of benzene rings is 1. The average Bonchev–Trinajstić information content (AvgIpc) is 2.89. The van der Waals surface area contributed by atoms with Crippen LogP contribution in [-0.2, 0) is 33.5 Å². The molecule has 2 amide bonds. The van der Waals surface area contributed by atoms with E-state index in [-0.39, 0.29) is 24.8 Å². The van der Waals surface area contributed by atoms with Gasteiger partial charge in [0.05, 0.1) is 17.6 Å². The molecule has 1 N–H and O–H groups in total. The molecule has 1 fully saturated rings. The molecule has 0 aliphatic carbocycles. The van der Waals surface area contributed by atoms with E-state index in [4.69, 9.17) is 4.74 Å². The van der Waals surface area contributed by atoms with E-state index in [2.05, 4.69) is 5.32 Å². The molecule has 1 spiro atoms. The zero-order chi connectivity index (χ0) is 21.0. The summed E-state index contributed by atoms with van der Waals surface area (Å²) in [4.78, 5) is 27.0. The monoisotopic (exact) mass is 408 g/mol. The molecule has 1 unspecified atom stereocenters. The van der Waals surface area contributed by atoms with Crippen molar-refractivity contribution in [3.05, 3.63) is 46.5 Å². The Labute approximate surface area is 166 Å². The largest absolute Gasteiger partial charge is 0.416 e. The summed E-state index contributed by atoms with van der Waals surface area (Å²) in [6.07, 6.45) is -1.62. The molecule has 1 saturated heterocycles. The van der Waals surface area contributed by atoms with E-state index in [0.717, 1.165) is 17.7 Å². The maximum atomic E-state index is 13.4. The first-order valence-electron chi connectivity index (χ1n) is 9.68. The summed E-state index contributed by atoms with van der Waals surface area (Å²) in [7, 11) is 0. The topological polar surface area (TPSA) is 58.6 Å². The minimum Gasteiger partial charge on any atom is -0.360 e. The Morgan fingerprint density at radius 3 is 2.69 bits per heavy atom. The number of rotatable bonds is 1. The molecule has 156 valence electrons. The summed E-state index contributed by atoms with van der Waals surface area (Å²) in [6, 6.07) is 3.71. The smallest absolute Gasteiger partial charge is 0.360 e. The fourth-order valence-corrected chi connectivity index (χ4v) is 4.53. The fourth-order valence-electron chi connectivity index (χ4n) is 4.53. The third-order valence-corrected chi connectivity index (χ3v) is 5.80. The lowest BCUT2D eigenvalue weighted by Gasteiger charge is -2.39. The predicted octanol–water partition coefficient (Wildman–Crippen LogP) is 2.97. The van der Waals surface area contributed by atoms with E-state index in [0.29, 0.717) is 37.1 Å². The highest BCUT2D eigenvalue weighted by atomic mass is 19.4. The van der Waals surface area contributed by atoms with Crippen LogP contribution in [0.3, 0.4) is 0 Å². The second kappa shape index (κ2) is 6.58. The second-order valence-electron chi connectivity index (χ2n) is 8.49. The molecule has 5 nitrogen and oxygen atoms in total. The first-order chi connectivity index (χ1) is 13.5. The molecule has 3 aliphatic rings. The van der Waals surface area contributed by atoms with Crippen molar-refractivity contribution < 1.29 is 27.5 Å². The summed E-state index contributed by atoms with van der Waals surface area (Å²) in [5.41, 5.74) is -0.612. The van der Waals surface area contributed by atoms with Crippen LogP contribution in [0.4, 0.5) is 13.2 Å². The Balaban J connectivity index is 1.62. The molecule has 3 heterocycles. The van der Waals surface area contributed by atoms with Crippen molar-refractivity contribution >= 4 is 11.8 Å². The maximum absolute atomic E-state index is 13.4. The van der Waals surface area contributed by atoms with E-state index in [1.165, 1.54) is 6.07 Å². The number of hydrogen-bond donors (Lipinski definition) is 1. The van der Waals surface area contributed by atoms with Gasteiger partial charge in [0.25, 0.3) is 5.91 Å². The summed E-state index contributed by atoms with van der Waals surface area (Å²) >= 11 is 0. The Kier molecular flexibility index (Phi) is 4.53. The van der Waals surface area contributed by atoms with Gasteiger partial charge in [-0.2, -0.15) is 13.2 Å². The number of halogens is 3. The number of alkyl halides is 3. The molecule has 0 aromatic heterocycles. The number of carbonyl (C=O) groups excluding carboxylic acids is 2. The first-order valence-corrected chi connectivity index (χ1v) is 9.68. The van der Waals surface area contributed by atoms with Crippen LogP contribution in [0.2, 0.25) is 0 Å². The first kappa shape index (κ1) is 19.9. The fraction of sp³-hybridized carbons (Fsp3) is 0.524. The van der Waals surface area contributed by atoms with Crippen molar-refractivity contribution in [2.24, 2.45) is 0 Å². The van der Waals surface area contributed by atoms with Gasteiger partial charge in [-0.1, -0.05) is 6.07 Å². The van der Waals surface area contributed by atoms with Crippen molar-refractivity contribution in [1.82, 2.24) is 10.2 Å². The Hall–Kier alpha value is -2.35. The highest BCUT2D eigenvalue weighted by molar-refractivity contribution is 5.98. The van der Waals surface area contributed by atoms with Gasteiger partial charge in [0.2, 0.25) is 5.91 Å². The van der Waals surface area contributed by atoms with Gasteiger partial charge in [0, 0.05) is 25.2 Å². The van der Waals surface area contributed by atoms with Gasteiger partial charge < -0.3 is 15.0 Å². The molecule has 29 heavy (non-hydrogen) atoms. The summed E-state index contributed by atoms with van der Waals surface area (Å²) in [6.45, 7) is 4.61. The molecule has 1 aromatic rings. The summed E-state index contributed by atoms with van der Waals surface area (Å²) < 4.78 is 45.4. The molecule has 3 aliphatic heterocycles. The van der Waals surface area contributed by atoms with Gasteiger partial charge in [-0.15, -0.1) is 0 Å². The summed E-state index contributed by atoms with van der Waals surface area (Å²) in [5, 5.41) is 2.76. The molecule has 0 saturated carbocycles. The van der Waals surface area contributed by atoms with Gasteiger partial charge >= 0.3 is 6.18 Å². The van der Waals surface area contributed by atoms with Gasteiger partial charge in [-0.3, -0.25) is 9.59 Å². The van der Waals surface area contributed by atoms with Crippen molar-refractivity contribution in [3.8, 4) is 0 Å². The van der Waals surface area contributed by atoms with Crippen LogP contribution in [0.5, 0.6) is 0 Å². The van der Waals surface area contributed by atoms with Crippen LogP contribution < -0.4 is 5.32 Å². The number of ether oxygens (including phenoxy) is 1. The number of amides is 2. The van der Waals surface area contributed by atoms with Crippen molar-refractivity contribution in [2.45, 2.75) is 57.0 Å². The molecular weight excluding hydrogens is 385 g/mol. The van der Waals surface area contributed by atoms with Crippen LogP contribution in [0.15, 0.2) is 29.8 Å². The van der Waals surface area contributed by atoms with Crippen LogP contribution >= 0.6 is 0 Å². The third kappa shape index (κ3) is 3.66. The van der Waals surface area contributed by atoms with E-state index in [9.17, 15) is 22.8 Å². The molecule has 1 atom stereocenters. The lowest BCUT2D eigenvalue weighted by atomic mass is 9.83. The Morgan fingerprint density at radius 2 is 2.00 bits per heavy atom. The van der Waals surface area contributed by atoms with Crippen molar-refractivity contribution in [2.75, 3.05) is 13.1 Å². The van der Waals surface area contributed by atoms with Crippen LogP contribution in [0.25, 0.3) is 0 Å². The number of carbonyl (C=O) groups is 2. The van der Waals surface area contributed by atoms with E-state index in [1.807, 2.05) is 13.8 Å². The number of fused-ring (bicyclic) bond motifs is 1. The minimum atomic E-state index is -4.42. The van der Waals surface area contributed by atoms with Crippen LogP contribution in [0, 0.1) is 0 Å². The number of nitrogens with zero attached hydrogens (tertiary/aromatic N) is 1. The quantitative estimate of drug-likeness (QED) is 0.777. The molecule has 1 aromatic carbocycles. The Morgan fingerprint density at radius 1 is 1.24 bits per heavy atom. The van der Waals surface area contributed by atoms with Crippen molar-refractivity contribution in [1.29, 1.82) is 0 Å². The van der Waals surface area contributed by atoms with Gasteiger partial charge in [0.15, 0.2) is 0 Å². The number of hydrogen-bond acceptors (Lipinski definition) is 3. The zero-order valence-electron chi connectivity index (χ0n) is 16.4. The van der Waals surface area contributed by atoms with Crippen LogP contribution in [-0.4, -0.2) is 41.0 Å². The minimum absolute atomic E-state index is 0.0661. The highest BCUT2D eigenvalue weighted by Crippen LogP contribution is 2.44. The Bertz CT molecular complexity index is 907. The number of nitrogens with one attached hydrogen (secondary N) is 1. The lowest BCUT2D eigenvalue weighted by molar-refractivity contribution is -0.142. The normalized spacial score (nSPS) is 26.2. The maximum Gasteiger partial charge on any atom is 0.416 e. The SMILES string of the molecule is CC1(C)C=C(C(=O)N2CCc3ccc(C(F)(F)F)cc3C2)C2(CCNC(=O)C2)O1. The third-order valence-electron chi connectivity index (χ3n) is 5.80. The molecule has 8 heteroatoms. The standard InChI is InChI=1S/C21H23F3N2O3/c1-19(2)10-16(20(29-19)6-7-25-17(27)11-20)18(28)26-8-5-13-3-4-15(21(22,23)24)9-14(13)12-26/h3-4,9-10H,5-8,11-12H2,1-2H3,(H,25,27). The zero-order valence-corrected chi connectivity index (χ0v) is 16.4. The molecule has 0 radical (unpaired) electrons. The number of piperidine rings is 1. The average molecular weight is 408 g/mol. The summed E-state index contributed by atoms with van der Waals surface area (Å²) in [5.74, 6) is -0.445. The molecular formula is C21H23F3N2O3. The van der Waals surface area contributed by atoms with Gasteiger partial charge in [-0.25, -0.2) is 0 Å². The van der Waals surface area contributed by atoms with Crippen molar-refractivity contribution in [3.63, 3.8) is 0 Å². The predicted molar refractivity (Wildman–Crippen MR) is 98.8 cm³/mol. The second-order valence-corrected chi connectivity index (χ2v) is 8.49. The van der Waals surface area contributed by atoms with Crippen LogP contribution in [0.1, 0.15) is 43.4 Å². The van der Waals surface area contributed by atoms with Gasteiger partial charge in [-0.05, 0) is 56.0 Å². The molecule has 4 rings (SSSR count).